The van der Waals surface area contributed by atoms with Crippen LogP contribution in [0.2, 0.25) is 0 Å². The summed E-state index contributed by atoms with van der Waals surface area (Å²) in [6, 6.07) is 16.2. The molecule has 0 spiro atoms. The Balaban J connectivity index is 1.52. The maximum Gasteiger partial charge on any atom is 0.225 e. The highest BCUT2D eigenvalue weighted by Gasteiger charge is 2.24. The van der Waals surface area contributed by atoms with Crippen LogP contribution in [0.3, 0.4) is 0 Å². The molecule has 6 heteroatoms. The first-order valence-corrected chi connectivity index (χ1v) is 10.2. The van der Waals surface area contributed by atoms with Gasteiger partial charge in [0.1, 0.15) is 5.75 Å². The van der Waals surface area contributed by atoms with Crippen LogP contribution < -0.4 is 20.7 Å². The molecule has 1 heterocycles. The van der Waals surface area contributed by atoms with Crippen molar-refractivity contribution in [3.63, 3.8) is 0 Å². The summed E-state index contributed by atoms with van der Waals surface area (Å²) in [6.07, 6.45) is 2.47. The monoisotopic (exact) mass is 394 g/mol. The minimum absolute atomic E-state index is 0.0568. The van der Waals surface area contributed by atoms with E-state index in [9.17, 15) is 4.79 Å². The molecule has 1 amide bonds. The summed E-state index contributed by atoms with van der Waals surface area (Å²) in [4.78, 5) is 16.7. The molecule has 0 saturated carbocycles. The van der Waals surface area contributed by atoms with Gasteiger partial charge in [-0.3, -0.25) is 9.79 Å². The summed E-state index contributed by atoms with van der Waals surface area (Å²) in [5.41, 5.74) is 3.35. The van der Waals surface area contributed by atoms with Crippen LogP contribution in [0, 0.1) is 0 Å². The summed E-state index contributed by atoms with van der Waals surface area (Å²) in [5.74, 6) is 1.84. The molecular weight excluding hydrogens is 364 g/mol. The Bertz CT molecular complexity index is 833. The Morgan fingerprint density at radius 1 is 1.17 bits per heavy atom. The number of fused-ring (bicyclic) bond motifs is 1. The number of hydrogen-bond acceptors (Lipinski definition) is 3. The van der Waals surface area contributed by atoms with Crippen molar-refractivity contribution < 1.29 is 9.53 Å². The number of rotatable bonds is 8. The Morgan fingerprint density at radius 3 is 2.72 bits per heavy atom. The normalized spacial score (nSPS) is 16.0. The minimum atomic E-state index is 0.0568. The molecule has 0 saturated heterocycles. The van der Waals surface area contributed by atoms with E-state index in [0.717, 1.165) is 48.9 Å². The third-order valence-corrected chi connectivity index (χ3v) is 5.01. The van der Waals surface area contributed by atoms with Gasteiger partial charge < -0.3 is 20.7 Å². The first-order valence-electron chi connectivity index (χ1n) is 10.2. The van der Waals surface area contributed by atoms with Crippen LogP contribution in [0.15, 0.2) is 53.5 Å². The van der Waals surface area contributed by atoms with Crippen molar-refractivity contribution in [1.29, 1.82) is 0 Å². The molecule has 6 nitrogen and oxygen atoms in total. The number of carbonyl (C=O) groups excluding carboxylic acids is 1. The lowest BCUT2D eigenvalue weighted by Crippen LogP contribution is -2.38. The molecule has 2 aromatic rings. The highest BCUT2D eigenvalue weighted by atomic mass is 16.5. The van der Waals surface area contributed by atoms with Gasteiger partial charge in [0.05, 0.1) is 13.7 Å². The lowest BCUT2D eigenvalue weighted by molar-refractivity contribution is -0.116. The van der Waals surface area contributed by atoms with Gasteiger partial charge >= 0.3 is 0 Å². The van der Waals surface area contributed by atoms with Crippen molar-refractivity contribution in [3.8, 4) is 5.75 Å². The average molecular weight is 395 g/mol. The first kappa shape index (κ1) is 20.7. The van der Waals surface area contributed by atoms with Gasteiger partial charge in [-0.05, 0) is 49.1 Å². The summed E-state index contributed by atoms with van der Waals surface area (Å²) in [6.45, 7) is 4.27. The van der Waals surface area contributed by atoms with Gasteiger partial charge in [0.2, 0.25) is 5.91 Å². The fraction of sp³-hybridized carbons (Fsp3) is 0.391. The van der Waals surface area contributed by atoms with Crippen molar-refractivity contribution in [2.75, 3.05) is 32.1 Å². The van der Waals surface area contributed by atoms with Gasteiger partial charge in [0, 0.05) is 31.1 Å². The highest BCUT2D eigenvalue weighted by Crippen LogP contribution is 2.31. The van der Waals surface area contributed by atoms with Crippen molar-refractivity contribution in [3.05, 3.63) is 59.7 Å². The average Bonchev–Trinajstić information content (AvgIpc) is 2.75. The number of aliphatic imine (C=N–C) groups is 1. The lowest BCUT2D eigenvalue weighted by atomic mass is 9.91. The molecule has 0 bridgehead atoms. The van der Waals surface area contributed by atoms with E-state index in [1.807, 2.05) is 30.3 Å². The Morgan fingerprint density at radius 2 is 1.97 bits per heavy atom. The number of amides is 1. The van der Waals surface area contributed by atoms with Crippen LogP contribution in [0.5, 0.6) is 5.75 Å². The largest absolute Gasteiger partial charge is 0.497 e. The van der Waals surface area contributed by atoms with Crippen molar-refractivity contribution in [2.24, 2.45) is 4.99 Å². The van der Waals surface area contributed by atoms with Crippen LogP contribution in [0.1, 0.15) is 36.8 Å². The molecule has 29 heavy (non-hydrogen) atoms. The SMILES string of the molecule is CCNC(=NCC1CC(=O)Nc2ccccc21)NCCCc1ccc(OC)cc1. The quantitative estimate of drug-likeness (QED) is 0.365. The second-order valence-corrected chi connectivity index (χ2v) is 7.13. The third kappa shape index (κ3) is 5.98. The van der Waals surface area contributed by atoms with E-state index < -0.39 is 0 Å². The van der Waals surface area contributed by atoms with E-state index in [1.54, 1.807) is 7.11 Å². The molecule has 3 N–H and O–H groups in total. The number of methoxy groups -OCH3 is 1. The number of para-hydroxylation sites is 1. The Labute approximate surface area is 172 Å². The van der Waals surface area contributed by atoms with Crippen molar-refractivity contribution >= 4 is 17.6 Å². The smallest absolute Gasteiger partial charge is 0.225 e. The fourth-order valence-corrected chi connectivity index (χ4v) is 3.50. The van der Waals surface area contributed by atoms with E-state index in [2.05, 4.69) is 41.1 Å². The van der Waals surface area contributed by atoms with Crippen LogP contribution in [0.25, 0.3) is 0 Å². The number of guanidine groups is 1. The second kappa shape index (κ2) is 10.5. The number of aryl methyl sites for hydroxylation is 1. The topological polar surface area (TPSA) is 74.8 Å². The number of nitrogens with one attached hydrogen (secondary N) is 3. The van der Waals surface area contributed by atoms with Crippen LogP contribution in [0.4, 0.5) is 5.69 Å². The summed E-state index contributed by atoms with van der Waals surface area (Å²) in [5, 5.41) is 9.64. The lowest BCUT2D eigenvalue weighted by Gasteiger charge is -2.24. The molecule has 0 fully saturated rings. The van der Waals surface area contributed by atoms with Gasteiger partial charge in [-0.1, -0.05) is 30.3 Å². The van der Waals surface area contributed by atoms with E-state index in [4.69, 9.17) is 9.73 Å². The predicted molar refractivity (Wildman–Crippen MR) is 118 cm³/mol. The van der Waals surface area contributed by atoms with Crippen molar-refractivity contribution in [1.82, 2.24) is 10.6 Å². The maximum atomic E-state index is 12.0. The number of benzene rings is 2. The fourth-order valence-electron chi connectivity index (χ4n) is 3.50. The van der Waals surface area contributed by atoms with Gasteiger partial charge in [0.25, 0.3) is 0 Å². The molecule has 1 aliphatic rings. The molecule has 1 atom stereocenters. The zero-order valence-electron chi connectivity index (χ0n) is 17.2. The predicted octanol–water partition coefficient (Wildman–Crippen LogP) is 3.31. The maximum absolute atomic E-state index is 12.0. The van der Waals surface area contributed by atoms with E-state index >= 15 is 0 Å². The van der Waals surface area contributed by atoms with Crippen LogP contribution >= 0.6 is 0 Å². The number of ether oxygens (including phenoxy) is 1. The standard InChI is InChI=1S/C23H30N4O2/c1-3-24-23(25-14-6-7-17-10-12-19(29-2)13-11-17)26-16-18-15-22(28)27-21-9-5-4-8-20(18)21/h4-5,8-13,18H,3,6-7,14-16H2,1-2H3,(H,27,28)(H2,24,25,26). The molecule has 0 aliphatic carbocycles. The molecule has 1 aliphatic heterocycles. The number of carbonyl (C=O) groups is 1. The third-order valence-electron chi connectivity index (χ3n) is 5.01. The molecule has 3 rings (SSSR count). The highest BCUT2D eigenvalue weighted by molar-refractivity contribution is 5.94. The molecule has 1 unspecified atom stereocenters. The molecule has 2 aromatic carbocycles. The van der Waals surface area contributed by atoms with Gasteiger partial charge in [-0.15, -0.1) is 0 Å². The van der Waals surface area contributed by atoms with Gasteiger partial charge in [0.15, 0.2) is 5.96 Å². The Kier molecular flexibility index (Phi) is 7.50. The first-order chi connectivity index (χ1) is 14.2. The summed E-state index contributed by atoms with van der Waals surface area (Å²) < 4.78 is 5.20. The molecule has 0 aromatic heterocycles. The molecular formula is C23H30N4O2. The number of nitrogens with zero attached hydrogens (tertiary/aromatic N) is 1. The van der Waals surface area contributed by atoms with E-state index in [1.165, 1.54) is 5.56 Å². The van der Waals surface area contributed by atoms with Gasteiger partial charge in [-0.25, -0.2) is 0 Å². The van der Waals surface area contributed by atoms with Crippen LogP contribution in [-0.2, 0) is 11.2 Å². The second-order valence-electron chi connectivity index (χ2n) is 7.13. The van der Waals surface area contributed by atoms with Crippen LogP contribution in [-0.4, -0.2) is 38.6 Å². The molecule has 154 valence electrons. The molecule has 0 radical (unpaired) electrons. The minimum Gasteiger partial charge on any atom is -0.497 e. The van der Waals surface area contributed by atoms with E-state index in [0.29, 0.717) is 13.0 Å². The summed E-state index contributed by atoms with van der Waals surface area (Å²) >= 11 is 0. The number of anilines is 1. The zero-order valence-corrected chi connectivity index (χ0v) is 17.2. The zero-order chi connectivity index (χ0) is 20.5. The Hall–Kier alpha value is -3.02. The number of hydrogen-bond donors (Lipinski definition) is 3. The van der Waals surface area contributed by atoms with Crippen molar-refractivity contribution in [2.45, 2.75) is 32.1 Å². The van der Waals surface area contributed by atoms with E-state index in [-0.39, 0.29) is 11.8 Å². The van der Waals surface area contributed by atoms with Gasteiger partial charge in [-0.2, -0.15) is 0 Å². The summed E-state index contributed by atoms with van der Waals surface area (Å²) in [7, 11) is 1.68.